The Balaban J connectivity index is 1.70. The molecule has 2 unspecified atom stereocenters. The molecule has 1 aromatic carbocycles. The van der Waals surface area contributed by atoms with Crippen LogP contribution in [0.15, 0.2) is 18.2 Å². The summed E-state index contributed by atoms with van der Waals surface area (Å²) in [6.07, 6.45) is 4.76. The van der Waals surface area contributed by atoms with Crippen LogP contribution < -0.4 is 5.32 Å². The van der Waals surface area contributed by atoms with Crippen molar-refractivity contribution in [3.8, 4) is 0 Å². The van der Waals surface area contributed by atoms with Gasteiger partial charge >= 0.3 is 0 Å². The number of fused-ring (bicyclic) bond motifs is 1. The van der Waals surface area contributed by atoms with E-state index < -0.39 is 0 Å². The van der Waals surface area contributed by atoms with Gasteiger partial charge in [-0.15, -0.1) is 0 Å². The topological polar surface area (TPSA) is 12.0 Å². The SMILES string of the molecule is Fc1ccc2c(c1)CCC2NC1CCCSC1. The Kier molecular flexibility index (Phi) is 3.39. The van der Waals surface area contributed by atoms with Crippen molar-refractivity contribution in [1.82, 2.24) is 5.32 Å². The van der Waals surface area contributed by atoms with Crippen molar-refractivity contribution in [2.45, 2.75) is 37.8 Å². The lowest BCUT2D eigenvalue weighted by molar-refractivity contribution is 0.431. The van der Waals surface area contributed by atoms with Gasteiger partial charge in [0.15, 0.2) is 0 Å². The zero-order valence-corrected chi connectivity index (χ0v) is 10.7. The normalized spacial score (nSPS) is 28.1. The van der Waals surface area contributed by atoms with Crippen molar-refractivity contribution in [1.29, 1.82) is 0 Å². The molecule has 1 aliphatic carbocycles. The minimum absolute atomic E-state index is 0.0994. The first-order chi connectivity index (χ1) is 8.33. The van der Waals surface area contributed by atoms with E-state index in [9.17, 15) is 4.39 Å². The van der Waals surface area contributed by atoms with Crippen LogP contribution in [0.3, 0.4) is 0 Å². The molecule has 3 rings (SSSR count). The highest BCUT2D eigenvalue weighted by atomic mass is 32.2. The van der Waals surface area contributed by atoms with Gasteiger partial charge in [0.1, 0.15) is 5.82 Å². The van der Waals surface area contributed by atoms with E-state index in [0.717, 1.165) is 12.8 Å². The summed E-state index contributed by atoms with van der Waals surface area (Å²) in [5, 5.41) is 3.75. The van der Waals surface area contributed by atoms with E-state index in [4.69, 9.17) is 0 Å². The Labute approximate surface area is 106 Å². The number of hydrogen-bond donors (Lipinski definition) is 1. The van der Waals surface area contributed by atoms with E-state index in [1.807, 2.05) is 17.8 Å². The second-order valence-corrected chi connectivity index (χ2v) is 6.16. The molecule has 0 saturated carbocycles. The van der Waals surface area contributed by atoms with E-state index in [-0.39, 0.29) is 5.82 Å². The van der Waals surface area contributed by atoms with Gasteiger partial charge in [0.05, 0.1) is 0 Å². The summed E-state index contributed by atoms with van der Waals surface area (Å²) in [4.78, 5) is 0. The fourth-order valence-electron chi connectivity index (χ4n) is 2.92. The number of hydrogen-bond acceptors (Lipinski definition) is 2. The molecule has 17 heavy (non-hydrogen) atoms. The molecule has 0 aromatic heterocycles. The smallest absolute Gasteiger partial charge is 0.123 e. The van der Waals surface area contributed by atoms with Gasteiger partial charge in [-0.1, -0.05) is 6.07 Å². The largest absolute Gasteiger partial charge is 0.306 e. The minimum Gasteiger partial charge on any atom is -0.306 e. The number of nitrogens with one attached hydrogen (secondary N) is 1. The molecule has 1 saturated heterocycles. The highest BCUT2D eigenvalue weighted by Gasteiger charge is 2.25. The van der Waals surface area contributed by atoms with Gasteiger partial charge in [-0.2, -0.15) is 11.8 Å². The van der Waals surface area contributed by atoms with Gasteiger partial charge in [0, 0.05) is 17.8 Å². The van der Waals surface area contributed by atoms with Crippen molar-refractivity contribution in [3.05, 3.63) is 35.1 Å². The van der Waals surface area contributed by atoms with Gasteiger partial charge in [-0.25, -0.2) is 4.39 Å². The van der Waals surface area contributed by atoms with Crippen LogP contribution in [0.2, 0.25) is 0 Å². The van der Waals surface area contributed by atoms with Gasteiger partial charge in [-0.3, -0.25) is 0 Å². The Morgan fingerprint density at radius 3 is 3.06 bits per heavy atom. The Morgan fingerprint density at radius 1 is 1.29 bits per heavy atom. The monoisotopic (exact) mass is 251 g/mol. The molecule has 1 nitrogen and oxygen atoms in total. The second kappa shape index (κ2) is 4.99. The summed E-state index contributed by atoms with van der Waals surface area (Å²) < 4.78 is 13.1. The highest BCUT2D eigenvalue weighted by Crippen LogP contribution is 2.33. The van der Waals surface area contributed by atoms with Crippen LogP contribution in [-0.2, 0) is 6.42 Å². The van der Waals surface area contributed by atoms with Crippen LogP contribution in [0.4, 0.5) is 4.39 Å². The average molecular weight is 251 g/mol. The molecule has 0 amide bonds. The number of benzene rings is 1. The number of rotatable bonds is 2. The maximum Gasteiger partial charge on any atom is 0.123 e. The lowest BCUT2D eigenvalue weighted by Gasteiger charge is -2.26. The summed E-state index contributed by atoms with van der Waals surface area (Å²) in [6.45, 7) is 0. The third kappa shape index (κ3) is 2.50. The summed E-state index contributed by atoms with van der Waals surface area (Å²) in [5.41, 5.74) is 2.52. The molecule has 2 aliphatic rings. The summed E-state index contributed by atoms with van der Waals surface area (Å²) in [6, 6.07) is 6.36. The maximum atomic E-state index is 13.1. The van der Waals surface area contributed by atoms with Crippen molar-refractivity contribution >= 4 is 11.8 Å². The molecule has 0 radical (unpaired) electrons. The van der Waals surface area contributed by atoms with Gasteiger partial charge in [0.25, 0.3) is 0 Å². The molecule has 1 N–H and O–H groups in total. The average Bonchev–Trinajstić information content (AvgIpc) is 2.73. The Bertz CT molecular complexity index is 401. The third-order valence-corrected chi connectivity index (χ3v) is 5.00. The molecule has 3 heteroatoms. The fraction of sp³-hybridized carbons (Fsp3) is 0.571. The minimum atomic E-state index is -0.0994. The zero-order valence-electron chi connectivity index (χ0n) is 9.92. The van der Waals surface area contributed by atoms with Gasteiger partial charge < -0.3 is 5.32 Å². The Hall–Kier alpha value is -0.540. The van der Waals surface area contributed by atoms with Crippen LogP contribution in [0.1, 0.15) is 36.4 Å². The summed E-state index contributed by atoms with van der Waals surface area (Å²) >= 11 is 2.05. The van der Waals surface area contributed by atoms with E-state index in [1.165, 1.54) is 35.5 Å². The van der Waals surface area contributed by atoms with Crippen molar-refractivity contribution < 1.29 is 4.39 Å². The summed E-state index contributed by atoms with van der Waals surface area (Å²) in [5.74, 6) is 2.44. The molecular formula is C14H18FNS. The number of aryl methyl sites for hydroxylation is 1. The molecule has 1 heterocycles. The lowest BCUT2D eigenvalue weighted by Crippen LogP contribution is -2.35. The number of thioether (sulfide) groups is 1. The van der Waals surface area contributed by atoms with Crippen molar-refractivity contribution in [3.63, 3.8) is 0 Å². The molecule has 1 aromatic rings. The van der Waals surface area contributed by atoms with Crippen molar-refractivity contribution in [2.24, 2.45) is 0 Å². The molecular weight excluding hydrogens is 233 g/mol. The summed E-state index contributed by atoms with van der Waals surface area (Å²) in [7, 11) is 0. The molecule has 0 bridgehead atoms. The lowest BCUT2D eigenvalue weighted by atomic mass is 10.1. The quantitative estimate of drug-likeness (QED) is 0.865. The first-order valence-electron chi connectivity index (χ1n) is 6.45. The molecule has 1 fully saturated rings. The van der Waals surface area contributed by atoms with E-state index in [2.05, 4.69) is 5.32 Å². The van der Waals surface area contributed by atoms with Crippen molar-refractivity contribution in [2.75, 3.05) is 11.5 Å². The molecule has 92 valence electrons. The van der Waals surface area contributed by atoms with Crippen LogP contribution in [0.25, 0.3) is 0 Å². The third-order valence-electron chi connectivity index (χ3n) is 3.78. The highest BCUT2D eigenvalue weighted by molar-refractivity contribution is 7.99. The van der Waals surface area contributed by atoms with E-state index in [1.54, 1.807) is 12.1 Å². The second-order valence-electron chi connectivity index (χ2n) is 5.02. The predicted octanol–water partition coefficient (Wildman–Crippen LogP) is 3.30. The number of halogens is 1. The Morgan fingerprint density at radius 2 is 2.24 bits per heavy atom. The van der Waals surface area contributed by atoms with E-state index >= 15 is 0 Å². The van der Waals surface area contributed by atoms with E-state index in [0.29, 0.717) is 12.1 Å². The van der Waals surface area contributed by atoms with Crippen LogP contribution in [0.5, 0.6) is 0 Å². The zero-order chi connectivity index (χ0) is 11.7. The van der Waals surface area contributed by atoms with Gasteiger partial charge in [-0.05, 0) is 54.7 Å². The fourth-order valence-corrected chi connectivity index (χ4v) is 4.00. The first kappa shape index (κ1) is 11.5. The van der Waals surface area contributed by atoms with Crippen LogP contribution in [0, 0.1) is 5.82 Å². The van der Waals surface area contributed by atoms with Gasteiger partial charge in [0.2, 0.25) is 0 Å². The standard InChI is InChI=1S/C14H18FNS/c15-11-4-5-13-10(8-11)3-6-14(13)16-12-2-1-7-17-9-12/h4-5,8,12,14,16H,1-3,6-7,9H2. The molecule has 0 spiro atoms. The maximum absolute atomic E-state index is 13.1. The molecule has 1 aliphatic heterocycles. The van der Waals surface area contributed by atoms with Crippen LogP contribution in [-0.4, -0.2) is 17.5 Å². The van der Waals surface area contributed by atoms with Crippen LogP contribution >= 0.6 is 11.8 Å². The molecule has 2 atom stereocenters. The predicted molar refractivity (Wildman–Crippen MR) is 70.9 cm³/mol. The first-order valence-corrected chi connectivity index (χ1v) is 7.60.